The molecule has 0 aliphatic carbocycles. The highest BCUT2D eigenvalue weighted by molar-refractivity contribution is 6.33. The summed E-state index contributed by atoms with van der Waals surface area (Å²) in [7, 11) is 0. The van der Waals surface area contributed by atoms with Crippen molar-refractivity contribution in [3.05, 3.63) is 45.3 Å². The molecule has 0 amide bonds. The van der Waals surface area contributed by atoms with E-state index in [1.807, 2.05) is 12.1 Å². The predicted octanol–water partition coefficient (Wildman–Crippen LogP) is 2.93. The molecule has 6 nitrogen and oxygen atoms in total. The van der Waals surface area contributed by atoms with Crippen molar-refractivity contribution < 1.29 is 9.47 Å². The molecule has 0 saturated carbocycles. The maximum absolute atomic E-state index is 11.8. The molecule has 126 valence electrons. The molecule has 4 rings (SSSR count). The number of fused-ring (bicyclic) bond motifs is 1. The molecule has 0 spiro atoms. The molecule has 2 aromatic rings. The Hall–Kier alpha value is -2.21. The van der Waals surface area contributed by atoms with Crippen molar-refractivity contribution in [2.45, 2.75) is 25.3 Å². The first kappa shape index (κ1) is 15.3. The molecule has 2 aliphatic rings. The molecule has 1 aromatic heterocycles. The van der Waals surface area contributed by atoms with Crippen LogP contribution in [0.4, 0.5) is 5.69 Å². The number of aromatic amines is 1. The molecule has 24 heavy (non-hydrogen) atoms. The van der Waals surface area contributed by atoms with Crippen molar-refractivity contribution in [3.63, 3.8) is 0 Å². The van der Waals surface area contributed by atoms with Crippen LogP contribution < -0.4 is 19.9 Å². The van der Waals surface area contributed by atoms with Crippen molar-refractivity contribution in [1.82, 2.24) is 10.2 Å². The van der Waals surface area contributed by atoms with Crippen LogP contribution in [0.3, 0.4) is 0 Å². The quantitative estimate of drug-likeness (QED) is 0.904. The Morgan fingerprint density at radius 2 is 2.04 bits per heavy atom. The summed E-state index contributed by atoms with van der Waals surface area (Å²) in [6.45, 7) is 2.18. The first-order chi connectivity index (χ1) is 11.7. The maximum Gasteiger partial charge on any atom is 0.285 e. The van der Waals surface area contributed by atoms with E-state index in [1.165, 1.54) is 0 Å². The first-order valence-electron chi connectivity index (χ1n) is 8.13. The van der Waals surface area contributed by atoms with Crippen LogP contribution in [-0.2, 0) is 0 Å². The van der Waals surface area contributed by atoms with Crippen LogP contribution in [0, 0.1) is 0 Å². The van der Waals surface area contributed by atoms with Crippen LogP contribution in [0.2, 0.25) is 5.02 Å². The van der Waals surface area contributed by atoms with Gasteiger partial charge < -0.3 is 14.4 Å². The van der Waals surface area contributed by atoms with Crippen molar-refractivity contribution in [2.24, 2.45) is 0 Å². The summed E-state index contributed by atoms with van der Waals surface area (Å²) < 4.78 is 11.5. The fourth-order valence-electron chi connectivity index (χ4n) is 3.36. The number of hydrogen-bond donors (Lipinski definition) is 1. The third kappa shape index (κ3) is 2.71. The van der Waals surface area contributed by atoms with Gasteiger partial charge in [0.25, 0.3) is 5.56 Å². The molecule has 1 aromatic carbocycles. The van der Waals surface area contributed by atoms with Gasteiger partial charge >= 0.3 is 0 Å². The van der Waals surface area contributed by atoms with E-state index in [1.54, 1.807) is 6.20 Å². The minimum atomic E-state index is -0.363. The topological polar surface area (TPSA) is 67.5 Å². The van der Waals surface area contributed by atoms with E-state index < -0.39 is 0 Å². The highest BCUT2D eigenvalue weighted by Crippen LogP contribution is 2.40. The van der Waals surface area contributed by atoms with Crippen molar-refractivity contribution in [2.75, 3.05) is 24.7 Å². The summed E-state index contributed by atoms with van der Waals surface area (Å²) in [4.78, 5) is 13.9. The Morgan fingerprint density at radius 1 is 1.21 bits per heavy atom. The molecular weight excluding hydrogens is 330 g/mol. The average molecular weight is 348 g/mol. The summed E-state index contributed by atoms with van der Waals surface area (Å²) in [6, 6.07) is 6.20. The van der Waals surface area contributed by atoms with E-state index in [2.05, 4.69) is 21.2 Å². The SMILES string of the molecule is O=c1[nH]ncc(N2CCC[C@@H]2c2ccc3c(c2)OCCCO3)c1Cl. The van der Waals surface area contributed by atoms with Gasteiger partial charge in [0.2, 0.25) is 0 Å². The molecule has 0 bridgehead atoms. The van der Waals surface area contributed by atoms with Crippen LogP contribution in [0.1, 0.15) is 30.9 Å². The zero-order valence-electron chi connectivity index (χ0n) is 13.1. The second-order valence-electron chi connectivity index (χ2n) is 6.01. The van der Waals surface area contributed by atoms with Crippen LogP contribution in [-0.4, -0.2) is 30.0 Å². The molecule has 3 heterocycles. The van der Waals surface area contributed by atoms with Crippen molar-refractivity contribution >= 4 is 17.3 Å². The third-order valence-corrected chi connectivity index (χ3v) is 4.86. The summed E-state index contributed by atoms with van der Waals surface area (Å²) >= 11 is 6.19. The zero-order chi connectivity index (χ0) is 16.5. The van der Waals surface area contributed by atoms with Crippen LogP contribution >= 0.6 is 11.6 Å². The van der Waals surface area contributed by atoms with Gasteiger partial charge in [-0.2, -0.15) is 5.10 Å². The number of benzene rings is 1. The number of nitrogens with one attached hydrogen (secondary N) is 1. The fourth-order valence-corrected chi connectivity index (χ4v) is 3.56. The second kappa shape index (κ2) is 6.36. The van der Waals surface area contributed by atoms with Crippen LogP contribution in [0.25, 0.3) is 0 Å². The lowest BCUT2D eigenvalue weighted by molar-refractivity contribution is 0.297. The summed E-state index contributed by atoms with van der Waals surface area (Å²) in [6.07, 6.45) is 4.52. The number of H-pyrrole nitrogens is 1. The normalized spacial score (nSPS) is 20.0. The van der Waals surface area contributed by atoms with Crippen LogP contribution in [0.15, 0.2) is 29.2 Å². The standard InChI is InChI=1S/C17H18ClN3O3/c18-16-13(10-19-20-17(16)22)21-6-1-3-12(21)11-4-5-14-15(9-11)24-8-2-7-23-14/h4-5,9-10,12H,1-3,6-8H2,(H,20,22)/t12-/m1/s1. The summed E-state index contributed by atoms with van der Waals surface area (Å²) in [5.74, 6) is 1.57. The molecule has 1 saturated heterocycles. The molecule has 0 radical (unpaired) electrons. The minimum absolute atomic E-state index is 0.142. The van der Waals surface area contributed by atoms with E-state index >= 15 is 0 Å². The van der Waals surface area contributed by atoms with Gasteiger partial charge in [0, 0.05) is 13.0 Å². The van der Waals surface area contributed by atoms with E-state index in [0.717, 1.165) is 42.9 Å². The number of ether oxygens (including phenoxy) is 2. The third-order valence-electron chi connectivity index (χ3n) is 4.50. The van der Waals surface area contributed by atoms with Gasteiger partial charge in [-0.15, -0.1) is 0 Å². The molecule has 0 unspecified atom stereocenters. The second-order valence-corrected chi connectivity index (χ2v) is 6.38. The lowest BCUT2D eigenvalue weighted by Gasteiger charge is -2.27. The summed E-state index contributed by atoms with van der Waals surface area (Å²) in [5.41, 5.74) is 1.45. The molecule has 2 aliphatic heterocycles. The lowest BCUT2D eigenvalue weighted by Crippen LogP contribution is -2.25. The van der Waals surface area contributed by atoms with Crippen molar-refractivity contribution in [3.8, 4) is 11.5 Å². The first-order valence-corrected chi connectivity index (χ1v) is 8.51. The highest BCUT2D eigenvalue weighted by Gasteiger charge is 2.29. The Kier molecular flexibility index (Phi) is 4.06. The summed E-state index contributed by atoms with van der Waals surface area (Å²) in [5, 5.41) is 6.44. The lowest BCUT2D eigenvalue weighted by atomic mass is 10.0. The van der Waals surface area contributed by atoms with Gasteiger partial charge in [-0.05, 0) is 30.5 Å². The number of anilines is 1. The minimum Gasteiger partial charge on any atom is -0.490 e. The number of aromatic nitrogens is 2. The monoisotopic (exact) mass is 347 g/mol. The van der Waals surface area contributed by atoms with E-state index in [-0.39, 0.29) is 16.6 Å². The Labute approximate surface area is 144 Å². The largest absolute Gasteiger partial charge is 0.490 e. The van der Waals surface area contributed by atoms with E-state index in [9.17, 15) is 4.79 Å². The van der Waals surface area contributed by atoms with E-state index in [0.29, 0.717) is 18.9 Å². The average Bonchev–Trinajstić information content (AvgIpc) is 2.95. The van der Waals surface area contributed by atoms with Gasteiger partial charge in [-0.1, -0.05) is 17.7 Å². The molecule has 1 N–H and O–H groups in total. The Balaban J connectivity index is 1.69. The highest BCUT2D eigenvalue weighted by atomic mass is 35.5. The van der Waals surface area contributed by atoms with E-state index in [4.69, 9.17) is 21.1 Å². The van der Waals surface area contributed by atoms with Gasteiger partial charge in [-0.25, -0.2) is 5.10 Å². The van der Waals surface area contributed by atoms with Crippen molar-refractivity contribution in [1.29, 1.82) is 0 Å². The fraction of sp³-hybridized carbons (Fsp3) is 0.412. The number of hydrogen-bond acceptors (Lipinski definition) is 5. The molecule has 1 atom stereocenters. The zero-order valence-corrected chi connectivity index (χ0v) is 13.9. The van der Waals surface area contributed by atoms with Gasteiger partial charge in [0.1, 0.15) is 5.02 Å². The maximum atomic E-state index is 11.8. The van der Waals surface area contributed by atoms with Gasteiger partial charge in [0.15, 0.2) is 11.5 Å². The number of halogens is 1. The predicted molar refractivity (Wildman–Crippen MR) is 91.2 cm³/mol. The number of nitrogens with zero attached hydrogens (tertiary/aromatic N) is 2. The molecule has 1 fully saturated rings. The van der Waals surface area contributed by atoms with Gasteiger partial charge in [-0.3, -0.25) is 4.79 Å². The van der Waals surface area contributed by atoms with Crippen LogP contribution in [0.5, 0.6) is 11.5 Å². The molecular formula is C17H18ClN3O3. The number of rotatable bonds is 2. The van der Waals surface area contributed by atoms with Gasteiger partial charge in [0.05, 0.1) is 31.1 Å². The smallest absolute Gasteiger partial charge is 0.285 e. The Bertz CT molecular complexity index is 808. The molecule has 7 heteroatoms. The Morgan fingerprint density at radius 3 is 2.92 bits per heavy atom.